The first-order valence-corrected chi connectivity index (χ1v) is 6.28. The van der Waals surface area contributed by atoms with Crippen LogP contribution in [0.3, 0.4) is 0 Å². The molecular weight excluding hydrogens is 266 g/mol. The van der Waals surface area contributed by atoms with Crippen LogP contribution in [0, 0.1) is 0 Å². The minimum atomic E-state index is -1.25. The van der Waals surface area contributed by atoms with Crippen molar-refractivity contribution in [2.24, 2.45) is 0 Å². The maximum Gasteiger partial charge on any atom is 0.131 e. The molecule has 102 valence electrons. The number of nitrogens with zero attached hydrogens (tertiary/aromatic N) is 3. The Kier molecular flexibility index (Phi) is 4.19. The van der Waals surface area contributed by atoms with Crippen LogP contribution in [0.25, 0.3) is 0 Å². The monoisotopic (exact) mass is 281 g/mol. The predicted octanol–water partition coefficient (Wildman–Crippen LogP) is 1.83. The molecule has 6 heteroatoms. The van der Waals surface area contributed by atoms with Gasteiger partial charge in [0.2, 0.25) is 0 Å². The number of halogens is 1. The van der Waals surface area contributed by atoms with Gasteiger partial charge in [0.15, 0.2) is 0 Å². The van der Waals surface area contributed by atoms with Crippen molar-refractivity contribution in [1.82, 2.24) is 14.8 Å². The first-order valence-electron chi connectivity index (χ1n) is 5.91. The topological polar surface area (TPSA) is 60.2 Å². The van der Waals surface area contributed by atoms with Crippen molar-refractivity contribution in [3.8, 4) is 0 Å². The molecule has 0 aliphatic carbocycles. The zero-order valence-corrected chi connectivity index (χ0v) is 11.6. The second-order valence-corrected chi connectivity index (χ2v) is 4.78. The summed E-state index contributed by atoms with van der Waals surface area (Å²) in [5.41, 5.74) is -0.0504. The van der Waals surface area contributed by atoms with Crippen molar-refractivity contribution in [2.45, 2.75) is 19.1 Å². The highest BCUT2D eigenvalue weighted by Crippen LogP contribution is 2.33. The summed E-state index contributed by atoms with van der Waals surface area (Å²) in [6.45, 7) is 2.69. The third-order valence-electron chi connectivity index (χ3n) is 2.99. The number of hydrogen-bond acceptors (Lipinski definition) is 4. The molecular formula is C13H16ClN3O2. The lowest BCUT2D eigenvalue weighted by atomic mass is 9.94. The molecule has 5 nitrogen and oxygen atoms in total. The van der Waals surface area contributed by atoms with Crippen molar-refractivity contribution in [2.75, 3.05) is 13.7 Å². The normalized spacial score (nSPS) is 14.3. The third-order valence-corrected chi connectivity index (χ3v) is 3.26. The zero-order valence-electron chi connectivity index (χ0n) is 10.9. The fourth-order valence-electron chi connectivity index (χ4n) is 1.98. The van der Waals surface area contributed by atoms with Crippen molar-refractivity contribution >= 4 is 11.6 Å². The molecule has 0 amide bonds. The minimum absolute atomic E-state index is 0.421. The maximum absolute atomic E-state index is 10.8. The Bertz CT molecular complexity index is 540. The van der Waals surface area contributed by atoms with Gasteiger partial charge in [-0.05, 0) is 13.0 Å². The molecule has 0 aliphatic heterocycles. The van der Waals surface area contributed by atoms with Crippen LogP contribution in [0.2, 0.25) is 5.02 Å². The van der Waals surface area contributed by atoms with Crippen LogP contribution in [0.15, 0.2) is 30.7 Å². The van der Waals surface area contributed by atoms with Crippen LogP contribution in [0.1, 0.15) is 18.2 Å². The molecule has 19 heavy (non-hydrogen) atoms. The number of pyridine rings is 1. The van der Waals surface area contributed by atoms with E-state index in [0.717, 1.165) is 0 Å². The smallest absolute Gasteiger partial charge is 0.131 e. The summed E-state index contributed by atoms with van der Waals surface area (Å²) in [4.78, 5) is 4.02. The van der Waals surface area contributed by atoms with Gasteiger partial charge >= 0.3 is 0 Å². The molecule has 0 saturated carbocycles. The van der Waals surface area contributed by atoms with Crippen molar-refractivity contribution in [3.63, 3.8) is 0 Å². The predicted molar refractivity (Wildman–Crippen MR) is 72.0 cm³/mol. The third kappa shape index (κ3) is 2.78. The van der Waals surface area contributed by atoms with E-state index < -0.39 is 5.60 Å². The van der Waals surface area contributed by atoms with Crippen LogP contribution in [0.4, 0.5) is 0 Å². The Morgan fingerprint density at radius 2 is 2.26 bits per heavy atom. The van der Waals surface area contributed by atoms with Crippen molar-refractivity contribution in [3.05, 3.63) is 47.0 Å². The maximum atomic E-state index is 10.8. The zero-order chi connectivity index (χ0) is 13.9. The molecule has 0 spiro atoms. The first-order chi connectivity index (χ1) is 9.07. The van der Waals surface area contributed by atoms with E-state index in [1.54, 1.807) is 43.2 Å². The van der Waals surface area contributed by atoms with Crippen LogP contribution < -0.4 is 0 Å². The van der Waals surface area contributed by atoms with Gasteiger partial charge in [-0.1, -0.05) is 17.7 Å². The molecule has 0 fully saturated rings. The molecule has 0 radical (unpaired) electrons. The van der Waals surface area contributed by atoms with E-state index in [1.807, 2.05) is 0 Å². The summed E-state index contributed by atoms with van der Waals surface area (Å²) in [6.07, 6.45) is 4.80. The molecule has 1 unspecified atom stereocenters. The highest BCUT2D eigenvalue weighted by molar-refractivity contribution is 6.31. The lowest BCUT2D eigenvalue weighted by molar-refractivity contribution is 0.0880. The van der Waals surface area contributed by atoms with E-state index in [2.05, 4.69) is 10.1 Å². The largest absolute Gasteiger partial charge is 0.383 e. The summed E-state index contributed by atoms with van der Waals surface area (Å²) in [6, 6.07) is 3.57. The summed E-state index contributed by atoms with van der Waals surface area (Å²) in [7, 11) is 1.62. The molecule has 1 atom stereocenters. The molecule has 1 N–H and O–H groups in total. The van der Waals surface area contributed by atoms with E-state index in [1.165, 1.54) is 6.20 Å². The number of aromatic nitrogens is 3. The van der Waals surface area contributed by atoms with Gasteiger partial charge in [0, 0.05) is 25.1 Å². The van der Waals surface area contributed by atoms with Crippen LogP contribution in [-0.2, 0) is 16.9 Å². The van der Waals surface area contributed by atoms with E-state index in [9.17, 15) is 5.11 Å². The second-order valence-electron chi connectivity index (χ2n) is 4.37. The molecule has 2 rings (SSSR count). The summed E-state index contributed by atoms with van der Waals surface area (Å²) in [5, 5.41) is 15.4. The van der Waals surface area contributed by atoms with E-state index in [-0.39, 0.29) is 0 Å². The van der Waals surface area contributed by atoms with E-state index in [0.29, 0.717) is 29.4 Å². The fourth-order valence-corrected chi connectivity index (χ4v) is 2.31. The van der Waals surface area contributed by atoms with Crippen LogP contribution in [-0.4, -0.2) is 33.6 Å². The fraction of sp³-hybridized carbons (Fsp3) is 0.385. The van der Waals surface area contributed by atoms with Gasteiger partial charge in [0.05, 0.1) is 30.1 Å². The Morgan fingerprint density at radius 1 is 1.47 bits per heavy atom. The van der Waals surface area contributed by atoms with E-state index >= 15 is 0 Å². The number of rotatable bonds is 5. The summed E-state index contributed by atoms with van der Waals surface area (Å²) >= 11 is 6.15. The number of hydrogen-bond donors (Lipinski definition) is 1. The molecule has 2 aromatic rings. The first kappa shape index (κ1) is 14.0. The Labute approximate surface area is 116 Å². The van der Waals surface area contributed by atoms with Gasteiger partial charge < -0.3 is 9.84 Å². The quantitative estimate of drug-likeness (QED) is 0.908. The van der Waals surface area contributed by atoms with Gasteiger partial charge in [0.1, 0.15) is 5.60 Å². The molecule has 0 aliphatic rings. The van der Waals surface area contributed by atoms with Gasteiger partial charge in [-0.25, -0.2) is 0 Å². The number of methoxy groups -OCH3 is 1. The second kappa shape index (κ2) is 5.69. The molecule has 2 heterocycles. The average Bonchev–Trinajstić information content (AvgIpc) is 2.79. The molecule has 0 aromatic carbocycles. The van der Waals surface area contributed by atoms with Gasteiger partial charge in [-0.2, -0.15) is 5.10 Å². The van der Waals surface area contributed by atoms with Gasteiger partial charge in [-0.15, -0.1) is 0 Å². The Balaban J connectivity index is 2.42. The molecule has 0 saturated heterocycles. The summed E-state index contributed by atoms with van der Waals surface area (Å²) < 4.78 is 6.68. The number of ether oxygens (including phenoxy) is 1. The number of aliphatic hydroxyl groups is 1. The van der Waals surface area contributed by atoms with Crippen molar-refractivity contribution < 1.29 is 9.84 Å². The highest BCUT2D eigenvalue weighted by Gasteiger charge is 2.32. The highest BCUT2D eigenvalue weighted by atomic mass is 35.5. The van der Waals surface area contributed by atoms with E-state index in [4.69, 9.17) is 16.3 Å². The van der Waals surface area contributed by atoms with Gasteiger partial charge in [0.25, 0.3) is 0 Å². The Morgan fingerprint density at radius 3 is 2.89 bits per heavy atom. The Hall–Kier alpha value is -1.43. The molecule has 0 bridgehead atoms. The lowest BCUT2D eigenvalue weighted by Gasteiger charge is -2.25. The van der Waals surface area contributed by atoms with Gasteiger partial charge in [-0.3, -0.25) is 9.67 Å². The lowest BCUT2D eigenvalue weighted by Crippen LogP contribution is -2.28. The average molecular weight is 282 g/mol. The molecule has 2 aromatic heterocycles. The SMILES string of the molecule is COCCn1ncc(Cl)c1C(C)(O)c1cccnc1. The summed E-state index contributed by atoms with van der Waals surface area (Å²) in [5.74, 6) is 0. The standard InChI is InChI=1S/C13H16ClN3O2/c1-13(18,10-4-3-5-15-8-10)12-11(14)9-16-17(12)6-7-19-2/h3-5,8-9,18H,6-7H2,1-2H3. The van der Waals surface area contributed by atoms with Crippen LogP contribution in [0.5, 0.6) is 0 Å². The van der Waals surface area contributed by atoms with Crippen LogP contribution >= 0.6 is 11.6 Å². The van der Waals surface area contributed by atoms with Crippen molar-refractivity contribution in [1.29, 1.82) is 0 Å². The minimum Gasteiger partial charge on any atom is -0.383 e.